The van der Waals surface area contributed by atoms with Gasteiger partial charge in [-0.05, 0) is 18.8 Å². The van der Waals surface area contributed by atoms with Crippen LogP contribution in [-0.2, 0) is 4.74 Å². The topological polar surface area (TPSA) is 58.8 Å². The van der Waals surface area contributed by atoms with Crippen molar-refractivity contribution in [2.24, 2.45) is 11.8 Å². The Labute approximate surface area is 102 Å². The van der Waals surface area contributed by atoms with Crippen molar-refractivity contribution in [1.82, 2.24) is 9.31 Å². The molecule has 6 heteroatoms. The molecule has 1 heterocycles. The van der Waals surface area contributed by atoms with Crippen LogP contribution in [0.15, 0.2) is 0 Å². The highest BCUT2D eigenvalue weighted by molar-refractivity contribution is 7.77. The van der Waals surface area contributed by atoms with Gasteiger partial charge in [0.1, 0.15) is 0 Å². The van der Waals surface area contributed by atoms with Crippen LogP contribution in [0, 0.1) is 5.92 Å². The normalized spacial score (nSPS) is 18.8. The van der Waals surface area contributed by atoms with Crippen molar-refractivity contribution < 1.29 is 9.53 Å². The molecule has 0 saturated carbocycles. The molecular formula is C10H21N3O2S. The summed E-state index contributed by atoms with van der Waals surface area (Å²) < 4.78 is 7.01. The van der Waals surface area contributed by atoms with Crippen molar-refractivity contribution in [2.45, 2.75) is 32.7 Å². The number of amides is 1. The molecule has 0 aromatic rings. The van der Waals surface area contributed by atoms with Crippen molar-refractivity contribution in [2.75, 3.05) is 19.7 Å². The van der Waals surface area contributed by atoms with Crippen LogP contribution in [0.25, 0.3) is 0 Å². The molecule has 0 bridgehead atoms. The molecule has 1 amide bonds. The van der Waals surface area contributed by atoms with Crippen LogP contribution < -0.4 is 5.84 Å². The second kappa shape index (κ2) is 6.32. The zero-order valence-electron chi connectivity index (χ0n) is 9.93. The van der Waals surface area contributed by atoms with Gasteiger partial charge in [0.05, 0.1) is 12.6 Å². The summed E-state index contributed by atoms with van der Waals surface area (Å²) in [5.74, 6) is 6.07. The molecule has 1 fully saturated rings. The minimum absolute atomic E-state index is 0.0723. The molecule has 0 aromatic heterocycles. The van der Waals surface area contributed by atoms with Crippen LogP contribution in [-0.4, -0.2) is 41.1 Å². The molecule has 1 aliphatic heterocycles. The molecule has 0 radical (unpaired) electrons. The van der Waals surface area contributed by atoms with E-state index in [1.165, 1.54) is 5.01 Å². The number of hydrazine groups is 1. The fourth-order valence-electron chi connectivity index (χ4n) is 1.59. The number of ether oxygens (including phenoxy) is 1. The first-order valence-corrected chi connectivity index (χ1v) is 6.05. The molecule has 0 aliphatic carbocycles. The maximum atomic E-state index is 11.6. The van der Waals surface area contributed by atoms with Crippen LogP contribution in [0.1, 0.15) is 26.7 Å². The first kappa shape index (κ1) is 13.6. The highest BCUT2D eigenvalue weighted by atomic mass is 32.1. The largest absolute Gasteiger partial charge is 0.448 e. The second-order valence-electron chi connectivity index (χ2n) is 4.56. The van der Waals surface area contributed by atoms with E-state index in [1.54, 1.807) is 0 Å². The van der Waals surface area contributed by atoms with E-state index < -0.39 is 6.09 Å². The van der Waals surface area contributed by atoms with E-state index in [9.17, 15) is 4.79 Å². The predicted molar refractivity (Wildman–Crippen MR) is 65.8 cm³/mol. The number of carbonyl (C=O) groups excluding carboxylic acids is 1. The molecule has 16 heavy (non-hydrogen) atoms. The first-order chi connectivity index (χ1) is 7.50. The molecule has 94 valence electrons. The van der Waals surface area contributed by atoms with Gasteiger partial charge in [-0.25, -0.2) is 15.6 Å². The highest BCUT2D eigenvalue weighted by Gasteiger charge is 2.26. The summed E-state index contributed by atoms with van der Waals surface area (Å²) >= 11 is 4.25. The lowest BCUT2D eigenvalue weighted by Crippen LogP contribution is -2.50. The van der Waals surface area contributed by atoms with E-state index in [1.807, 2.05) is 18.2 Å². The molecule has 0 aromatic carbocycles. The smallest absolute Gasteiger partial charge is 0.424 e. The monoisotopic (exact) mass is 247 g/mol. The maximum absolute atomic E-state index is 11.6. The summed E-state index contributed by atoms with van der Waals surface area (Å²) in [5.41, 5.74) is 0. The maximum Gasteiger partial charge on any atom is 0.424 e. The van der Waals surface area contributed by atoms with Gasteiger partial charge in [-0.3, -0.25) is 4.31 Å². The molecule has 5 nitrogen and oxygen atoms in total. The Hall–Kier alpha value is -0.460. The number of nitrogens with two attached hydrogens (primary N) is 1. The quantitative estimate of drug-likeness (QED) is 0.341. The van der Waals surface area contributed by atoms with Gasteiger partial charge in [0.2, 0.25) is 0 Å². The lowest BCUT2D eigenvalue weighted by molar-refractivity contribution is 0.0666. The molecule has 1 saturated heterocycles. The van der Waals surface area contributed by atoms with E-state index in [0.29, 0.717) is 12.5 Å². The summed E-state index contributed by atoms with van der Waals surface area (Å²) in [6, 6.07) is 0.0723. The Bertz CT molecular complexity index is 230. The minimum atomic E-state index is -0.425. The van der Waals surface area contributed by atoms with Gasteiger partial charge >= 0.3 is 6.09 Å². The van der Waals surface area contributed by atoms with E-state index in [-0.39, 0.29) is 6.04 Å². The van der Waals surface area contributed by atoms with Crippen LogP contribution in [0.5, 0.6) is 0 Å². The van der Waals surface area contributed by atoms with Crippen molar-refractivity contribution in [3.05, 3.63) is 0 Å². The van der Waals surface area contributed by atoms with Gasteiger partial charge in [0, 0.05) is 13.1 Å². The average Bonchev–Trinajstić information content (AvgIpc) is 2.26. The number of hydrogen-bond donors (Lipinski definition) is 2. The third-order valence-electron chi connectivity index (χ3n) is 2.59. The van der Waals surface area contributed by atoms with Crippen LogP contribution in [0.4, 0.5) is 4.79 Å². The van der Waals surface area contributed by atoms with Crippen molar-refractivity contribution in [3.63, 3.8) is 0 Å². The van der Waals surface area contributed by atoms with Gasteiger partial charge < -0.3 is 4.74 Å². The number of nitrogens with zero attached hydrogens (tertiary/aromatic N) is 2. The van der Waals surface area contributed by atoms with Gasteiger partial charge in [-0.1, -0.05) is 26.7 Å². The molecule has 0 unspecified atom stereocenters. The van der Waals surface area contributed by atoms with Crippen LogP contribution in [0.2, 0.25) is 0 Å². The van der Waals surface area contributed by atoms with Crippen molar-refractivity contribution in [3.8, 4) is 0 Å². The number of carbonyl (C=O) groups is 1. The minimum Gasteiger partial charge on any atom is -0.448 e. The average molecular weight is 247 g/mol. The van der Waals surface area contributed by atoms with E-state index in [2.05, 4.69) is 12.8 Å². The fraction of sp³-hybridized carbons (Fsp3) is 0.900. The molecule has 1 rings (SSSR count). The number of hydrogen-bond acceptors (Lipinski definition) is 5. The Morgan fingerprint density at radius 1 is 1.56 bits per heavy atom. The lowest BCUT2D eigenvalue weighted by Gasteiger charge is -2.33. The summed E-state index contributed by atoms with van der Waals surface area (Å²) in [5, 5.41) is 1.23. The van der Waals surface area contributed by atoms with Crippen LogP contribution in [0.3, 0.4) is 0 Å². The number of thiol groups is 1. The second-order valence-corrected chi connectivity index (χ2v) is 5.13. The molecule has 1 aliphatic rings. The predicted octanol–water partition coefficient (Wildman–Crippen LogP) is 1.26. The Kier molecular flexibility index (Phi) is 5.37. The lowest BCUT2D eigenvalue weighted by atomic mass is 10.1. The zero-order chi connectivity index (χ0) is 12.1. The van der Waals surface area contributed by atoms with Crippen molar-refractivity contribution >= 4 is 18.9 Å². The first-order valence-electron chi connectivity index (χ1n) is 5.65. The standard InChI is InChI=1S/C10H21N3O2S/c1-8(2)7-15-10(14)13(11)9-3-5-12(16)6-4-9/h8-9,16H,3-7,11H2,1-2H3. The highest BCUT2D eigenvalue weighted by Crippen LogP contribution is 2.16. The summed E-state index contributed by atoms with van der Waals surface area (Å²) in [4.78, 5) is 11.6. The number of piperidine rings is 1. The van der Waals surface area contributed by atoms with Crippen LogP contribution >= 0.6 is 12.8 Å². The van der Waals surface area contributed by atoms with E-state index in [0.717, 1.165) is 25.9 Å². The SMILES string of the molecule is CC(C)COC(=O)N(N)C1CCN(S)CC1. The fourth-order valence-corrected chi connectivity index (χ4v) is 1.82. The van der Waals surface area contributed by atoms with Gasteiger partial charge in [-0.15, -0.1) is 0 Å². The third-order valence-corrected chi connectivity index (χ3v) is 2.99. The van der Waals surface area contributed by atoms with E-state index >= 15 is 0 Å². The van der Waals surface area contributed by atoms with Gasteiger partial charge in [0.15, 0.2) is 0 Å². The Morgan fingerprint density at radius 3 is 2.62 bits per heavy atom. The molecule has 0 atom stereocenters. The zero-order valence-corrected chi connectivity index (χ0v) is 10.8. The third kappa shape index (κ3) is 4.19. The summed E-state index contributed by atoms with van der Waals surface area (Å²) in [6.07, 6.45) is 1.26. The van der Waals surface area contributed by atoms with E-state index in [4.69, 9.17) is 10.6 Å². The van der Waals surface area contributed by atoms with Gasteiger partial charge in [0.25, 0.3) is 0 Å². The van der Waals surface area contributed by atoms with Gasteiger partial charge in [-0.2, -0.15) is 0 Å². The van der Waals surface area contributed by atoms with Crippen molar-refractivity contribution in [1.29, 1.82) is 0 Å². The Morgan fingerprint density at radius 2 is 2.12 bits per heavy atom. The summed E-state index contributed by atoms with van der Waals surface area (Å²) in [7, 11) is 0. The number of rotatable bonds is 3. The Balaban J connectivity index is 2.32. The molecule has 2 N–H and O–H groups in total. The molecule has 0 spiro atoms. The molecular weight excluding hydrogens is 226 g/mol. The summed E-state index contributed by atoms with van der Waals surface area (Å²) in [6.45, 7) is 6.09.